The molecule has 1 saturated heterocycles. The van der Waals surface area contributed by atoms with Gasteiger partial charge in [0.1, 0.15) is 0 Å². The second-order valence-corrected chi connectivity index (χ2v) is 5.95. The van der Waals surface area contributed by atoms with Crippen LogP contribution >= 0.6 is 11.6 Å². The summed E-state index contributed by atoms with van der Waals surface area (Å²) in [5.41, 5.74) is 6.98. The van der Waals surface area contributed by atoms with Crippen molar-refractivity contribution in [3.63, 3.8) is 0 Å². The van der Waals surface area contributed by atoms with Crippen LogP contribution in [-0.4, -0.2) is 48.4 Å². The van der Waals surface area contributed by atoms with Crippen LogP contribution in [0, 0.1) is 0 Å². The zero-order valence-corrected chi connectivity index (χ0v) is 12.6. The Labute approximate surface area is 125 Å². The van der Waals surface area contributed by atoms with E-state index < -0.39 is 0 Å². The lowest BCUT2D eigenvalue weighted by atomic mass is 10.1. The van der Waals surface area contributed by atoms with Crippen LogP contribution in [0.25, 0.3) is 0 Å². The number of likely N-dealkylation sites (tertiary alicyclic amines) is 1. The number of hydrogen-bond acceptors (Lipinski definition) is 3. The number of carbonyl (C=O) groups excluding carboxylic acids is 1. The smallest absolute Gasteiger partial charge is 0.236 e. The Hall–Kier alpha value is -1.10. The van der Waals surface area contributed by atoms with Gasteiger partial charge in [-0.1, -0.05) is 23.7 Å². The summed E-state index contributed by atoms with van der Waals surface area (Å²) in [5.74, 6) is 0.124. The van der Waals surface area contributed by atoms with E-state index in [0.717, 1.165) is 31.5 Å². The van der Waals surface area contributed by atoms with Gasteiger partial charge in [-0.15, -0.1) is 0 Å². The van der Waals surface area contributed by atoms with Gasteiger partial charge in [-0.3, -0.25) is 9.69 Å². The maximum absolute atomic E-state index is 12.2. The summed E-state index contributed by atoms with van der Waals surface area (Å²) in [7, 11) is 1.83. The molecule has 0 spiro atoms. The molecule has 110 valence electrons. The van der Waals surface area contributed by atoms with Crippen LogP contribution in [0.15, 0.2) is 24.3 Å². The molecule has 1 heterocycles. The fraction of sp³-hybridized carbons (Fsp3) is 0.533. The average molecular weight is 296 g/mol. The Kier molecular flexibility index (Phi) is 5.40. The van der Waals surface area contributed by atoms with Crippen molar-refractivity contribution in [1.29, 1.82) is 0 Å². The maximum Gasteiger partial charge on any atom is 0.236 e. The highest BCUT2D eigenvalue weighted by Gasteiger charge is 2.20. The van der Waals surface area contributed by atoms with Crippen LogP contribution in [-0.2, 0) is 11.3 Å². The maximum atomic E-state index is 12.2. The molecule has 1 fully saturated rings. The summed E-state index contributed by atoms with van der Waals surface area (Å²) in [5, 5.41) is 0.699. The van der Waals surface area contributed by atoms with E-state index in [4.69, 9.17) is 17.3 Å². The number of amides is 1. The van der Waals surface area contributed by atoms with Crippen LogP contribution in [0.4, 0.5) is 0 Å². The second kappa shape index (κ2) is 7.07. The number of halogens is 1. The van der Waals surface area contributed by atoms with E-state index in [1.807, 2.05) is 31.3 Å². The number of likely N-dealkylation sites (N-methyl/N-ethyl adjacent to an activating group) is 1. The molecule has 1 aromatic rings. The van der Waals surface area contributed by atoms with Crippen LogP contribution in [0.2, 0.25) is 5.02 Å². The third-order valence-corrected chi connectivity index (χ3v) is 3.87. The molecule has 1 aliphatic heterocycles. The van der Waals surface area contributed by atoms with Gasteiger partial charge in [-0.25, -0.2) is 0 Å². The standard InChI is InChI=1S/C15H22ClN3O/c1-18(9-12-4-2-5-13(16)8-12)15(20)11-19-7-3-6-14(17)10-19/h2,4-5,8,14H,3,6-7,9-11,17H2,1H3/t14-/m1/s1. The monoisotopic (exact) mass is 295 g/mol. The zero-order chi connectivity index (χ0) is 14.5. The van der Waals surface area contributed by atoms with Crippen molar-refractivity contribution in [1.82, 2.24) is 9.80 Å². The minimum Gasteiger partial charge on any atom is -0.340 e. The van der Waals surface area contributed by atoms with Crippen LogP contribution < -0.4 is 5.73 Å². The molecule has 1 atom stereocenters. The van der Waals surface area contributed by atoms with E-state index in [2.05, 4.69) is 4.90 Å². The largest absolute Gasteiger partial charge is 0.340 e. The van der Waals surface area contributed by atoms with Crippen molar-refractivity contribution in [2.75, 3.05) is 26.7 Å². The first-order chi connectivity index (χ1) is 9.54. The summed E-state index contributed by atoms with van der Waals surface area (Å²) >= 11 is 5.95. The lowest BCUT2D eigenvalue weighted by molar-refractivity contribution is -0.131. The molecule has 5 heteroatoms. The normalized spacial score (nSPS) is 19.9. The molecule has 1 amide bonds. The van der Waals surface area contributed by atoms with Gasteiger partial charge in [-0.2, -0.15) is 0 Å². The highest BCUT2D eigenvalue weighted by atomic mass is 35.5. The molecular formula is C15H22ClN3O. The van der Waals surface area contributed by atoms with Crippen molar-refractivity contribution in [3.8, 4) is 0 Å². The third kappa shape index (κ3) is 4.47. The first kappa shape index (κ1) is 15.3. The van der Waals surface area contributed by atoms with E-state index in [0.29, 0.717) is 18.1 Å². The van der Waals surface area contributed by atoms with Gasteiger partial charge in [0.2, 0.25) is 5.91 Å². The van der Waals surface area contributed by atoms with Gasteiger partial charge in [0.15, 0.2) is 0 Å². The highest BCUT2D eigenvalue weighted by Crippen LogP contribution is 2.13. The molecule has 0 unspecified atom stereocenters. The quantitative estimate of drug-likeness (QED) is 0.920. The number of hydrogen-bond donors (Lipinski definition) is 1. The van der Waals surface area contributed by atoms with Gasteiger partial charge >= 0.3 is 0 Å². The Balaban J connectivity index is 1.85. The average Bonchev–Trinajstić information content (AvgIpc) is 2.38. The minimum atomic E-state index is 0.124. The number of nitrogens with two attached hydrogens (primary N) is 1. The molecule has 0 saturated carbocycles. The fourth-order valence-corrected chi connectivity index (χ4v) is 2.76. The van der Waals surface area contributed by atoms with Crippen molar-refractivity contribution in [3.05, 3.63) is 34.9 Å². The number of piperidine rings is 1. The van der Waals surface area contributed by atoms with Gasteiger partial charge in [0.05, 0.1) is 6.54 Å². The molecule has 2 N–H and O–H groups in total. The minimum absolute atomic E-state index is 0.124. The molecule has 0 aliphatic carbocycles. The summed E-state index contributed by atoms with van der Waals surface area (Å²) in [6.07, 6.45) is 2.13. The van der Waals surface area contributed by atoms with Crippen LogP contribution in [0.5, 0.6) is 0 Å². The third-order valence-electron chi connectivity index (χ3n) is 3.64. The van der Waals surface area contributed by atoms with E-state index in [1.54, 1.807) is 4.90 Å². The van der Waals surface area contributed by atoms with E-state index in [-0.39, 0.29) is 11.9 Å². The topological polar surface area (TPSA) is 49.6 Å². The molecule has 0 aromatic heterocycles. The zero-order valence-electron chi connectivity index (χ0n) is 11.9. The highest BCUT2D eigenvalue weighted by molar-refractivity contribution is 6.30. The molecule has 2 rings (SSSR count). The lowest BCUT2D eigenvalue weighted by Gasteiger charge is -2.31. The molecular weight excluding hydrogens is 274 g/mol. The summed E-state index contributed by atoms with van der Waals surface area (Å²) < 4.78 is 0. The predicted molar refractivity (Wildman–Crippen MR) is 81.6 cm³/mol. The van der Waals surface area contributed by atoms with Crippen molar-refractivity contribution in [2.24, 2.45) is 5.73 Å². The summed E-state index contributed by atoms with van der Waals surface area (Å²) in [4.78, 5) is 16.1. The van der Waals surface area contributed by atoms with Gasteiger partial charge in [0.25, 0.3) is 0 Å². The molecule has 20 heavy (non-hydrogen) atoms. The van der Waals surface area contributed by atoms with Crippen molar-refractivity contribution < 1.29 is 4.79 Å². The van der Waals surface area contributed by atoms with Gasteiger partial charge in [-0.05, 0) is 37.1 Å². The van der Waals surface area contributed by atoms with Gasteiger partial charge < -0.3 is 10.6 Å². The van der Waals surface area contributed by atoms with E-state index in [1.165, 1.54) is 0 Å². The Bertz CT molecular complexity index is 466. The first-order valence-electron chi connectivity index (χ1n) is 7.01. The molecule has 0 radical (unpaired) electrons. The Morgan fingerprint density at radius 2 is 2.35 bits per heavy atom. The van der Waals surface area contributed by atoms with Crippen LogP contribution in [0.1, 0.15) is 18.4 Å². The van der Waals surface area contributed by atoms with Crippen LogP contribution in [0.3, 0.4) is 0 Å². The predicted octanol–water partition coefficient (Wildman–Crippen LogP) is 1.72. The molecule has 1 aliphatic rings. The SMILES string of the molecule is CN(Cc1cccc(Cl)c1)C(=O)CN1CCC[C@@H](N)C1. The van der Waals surface area contributed by atoms with E-state index >= 15 is 0 Å². The molecule has 0 bridgehead atoms. The number of carbonyl (C=O) groups is 1. The Morgan fingerprint density at radius 3 is 3.05 bits per heavy atom. The fourth-order valence-electron chi connectivity index (χ4n) is 2.54. The summed E-state index contributed by atoms with van der Waals surface area (Å²) in [6.45, 7) is 2.81. The molecule has 4 nitrogen and oxygen atoms in total. The summed E-state index contributed by atoms with van der Waals surface area (Å²) in [6, 6.07) is 7.81. The number of rotatable bonds is 4. The molecule has 1 aromatic carbocycles. The van der Waals surface area contributed by atoms with Crippen molar-refractivity contribution in [2.45, 2.75) is 25.4 Å². The lowest BCUT2D eigenvalue weighted by Crippen LogP contribution is -2.47. The Morgan fingerprint density at radius 1 is 1.55 bits per heavy atom. The number of benzene rings is 1. The van der Waals surface area contributed by atoms with Crippen molar-refractivity contribution >= 4 is 17.5 Å². The number of nitrogens with zero attached hydrogens (tertiary/aromatic N) is 2. The first-order valence-corrected chi connectivity index (χ1v) is 7.39. The van der Waals surface area contributed by atoms with E-state index in [9.17, 15) is 4.79 Å². The van der Waals surface area contributed by atoms with Gasteiger partial charge in [0, 0.05) is 31.2 Å². The second-order valence-electron chi connectivity index (χ2n) is 5.52.